The summed E-state index contributed by atoms with van der Waals surface area (Å²) in [4.78, 5) is 13.9. The van der Waals surface area contributed by atoms with E-state index in [0.29, 0.717) is 6.42 Å². The van der Waals surface area contributed by atoms with Gasteiger partial charge in [0.15, 0.2) is 5.78 Å². The molecule has 0 saturated heterocycles. The molecule has 0 radical (unpaired) electrons. The second kappa shape index (κ2) is 5.93. The van der Waals surface area contributed by atoms with Gasteiger partial charge in [0.1, 0.15) is 11.5 Å². The van der Waals surface area contributed by atoms with Crippen molar-refractivity contribution in [3.05, 3.63) is 47.5 Å². The van der Waals surface area contributed by atoms with Gasteiger partial charge in [-0.3, -0.25) is 9.89 Å². The average Bonchev–Trinajstić information content (AvgIpc) is 3.24. The highest BCUT2D eigenvalue weighted by Crippen LogP contribution is 2.48. The van der Waals surface area contributed by atoms with Crippen LogP contribution in [0.2, 0.25) is 0 Å². The standard InChI is InChI=1S/C18H18N2O2S2/c1-18(2)8-12-15(14(21)9-18)17(23-10-11-4-3-7-22-11)24-16(12)13-5-6-19-20-13/h3-7H,8-10H2,1-2H3,(H,19,20). The predicted octanol–water partition coefficient (Wildman–Crippen LogP) is 5.18. The quantitative estimate of drug-likeness (QED) is 0.653. The van der Waals surface area contributed by atoms with Crippen molar-refractivity contribution >= 4 is 28.9 Å². The number of nitrogens with zero attached hydrogens (tertiary/aromatic N) is 1. The minimum absolute atomic E-state index is 0.000832. The molecule has 1 aliphatic rings. The lowest BCUT2D eigenvalue weighted by atomic mass is 9.74. The Kier molecular flexibility index (Phi) is 3.89. The summed E-state index contributed by atoms with van der Waals surface area (Å²) < 4.78 is 6.50. The Bertz CT molecular complexity index is 861. The van der Waals surface area contributed by atoms with Crippen LogP contribution in [-0.4, -0.2) is 16.0 Å². The molecular formula is C18H18N2O2S2. The monoisotopic (exact) mass is 358 g/mol. The van der Waals surface area contributed by atoms with Gasteiger partial charge >= 0.3 is 0 Å². The number of nitrogens with one attached hydrogen (secondary N) is 1. The molecule has 1 N–H and O–H groups in total. The van der Waals surface area contributed by atoms with E-state index in [1.165, 1.54) is 0 Å². The molecule has 24 heavy (non-hydrogen) atoms. The van der Waals surface area contributed by atoms with Gasteiger partial charge in [-0.2, -0.15) is 5.10 Å². The molecule has 0 saturated carbocycles. The summed E-state index contributed by atoms with van der Waals surface area (Å²) in [6.45, 7) is 4.32. The zero-order valence-electron chi connectivity index (χ0n) is 13.6. The normalized spacial score (nSPS) is 16.3. The number of furan rings is 1. The van der Waals surface area contributed by atoms with Gasteiger partial charge in [0.2, 0.25) is 0 Å². The summed E-state index contributed by atoms with van der Waals surface area (Å²) in [7, 11) is 0. The number of hydrogen-bond acceptors (Lipinski definition) is 5. The number of rotatable bonds is 4. The first-order valence-corrected chi connectivity index (χ1v) is 9.68. The molecule has 0 atom stereocenters. The fourth-order valence-electron chi connectivity index (χ4n) is 3.18. The maximum atomic E-state index is 12.8. The van der Waals surface area contributed by atoms with Crippen molar-refractivity contribution < 1.29 is 9.21 Å². The summed E-state index contributed by atoms with van der Waals surface area (Å²) in [6.07, 6.45) is 5.02. The van der Waals surface area contributed by atoms with Crippen LogP contribution < -0.4 is 0 Å². The van der Waals surface area contributed by atoms with E-state index < -0.39 is 0 Å². The van der Waals surface area contributed by atoms with Crippen molar-refractivity contribution in [2.24, 2.45) is 5.41 Å². The number of ketones is 1. The third-order valence-corrected chi connectivity index (χ3v) is 6.75. The van der Waals surface area contributed by atoms with Gasteiger partial charge in [0.25, 0.3) is 0 Å². The Labute approximate surface area is 148 Å². The highest BCUT2D eigenvalue weighted by Gasteiger charge is 2.36. The maximum absolute atomic E-state index is 12.8. The van der Waals surface area contributed by atoms with E-state index in [2.05, 4.69) is 24.0 Å². The molecule has 0 unspecified atom stereocenters. The van der Waals surface area contributed by atoms with Crippen molar-refractivity contribution in [1.29, 1.82) is 0 Å². The number of hydrogen-bond donors (Lipinski definition) is 1. The van der Waals surface area contributed by atoms with E-state index in [9.17, 15) is 4.79 Å². The van der Waals surface area contributed by atoms with Crippen LogP contribution in [-0.2, 0) is 12.2 Å². The number of H-pyrrole nitrogens is 1. The van der Waals surface area contributed by atoms with Gasteiger partial charge in [-0.25, -0.2) is 0 Å². The summed E-state index contributed by atoms with van der Waals surface area (Å²) in [5.41, 5.74) is 3.00. The molecule has 0 aliphatic heterocycles. The molecule has 124 valence electrons. The lowest BCUT2D eigenvalue weighted by Gasteiger charge is -2.29. The summed E-state index contributed by atoms with van der Waals surface area (Å²) in [6, 6.07) is 5.83. The molecule has 1 aliphatic carbocycles. The molecule has 4 rings (SSSR count). The SMILES string of the molecule is CC1(C)CC(=O)c2c(SCc3ccco3)sc(-c3cc[nH]n3)c2C1. The zero-order chi connectivity index (χ0) is 16.7. The van der Waals surface area contributed by atoms with Gasteiger partial charge in [-0.05, 0) is 35.6 Å². The Morgan fingerprint density at radius 1 is 1.38 bits per heavy atom. The molecule has 0 bridgehead atoms. The third kappa shape index (κ3) is 2.84. The molecule has 3 heterocycles. The number of aromatic nitrogens is 2. The zero-order valence-corrected chi connectivity index (χ0v) is 15.2. The molecule has 0 amide bonds. The van der Waals surface area contributed by atoms with E-state index in [1.54, 1.807) is 29.4 Å². The van der Waals surface area contributed by atoms with Crippen LogP contribution >= 0.6 is 23.1 Å². The third-order valence-electron chi connectivity index (χ3n) is 4.21. The highest BCUT2D eigenvalue weighted by molar-refractivity contribution is 8.00. The minimum atomic E-state index is -0.000832. The number of carbonyl (C=O) groups is 1. The number of thiophene rings is 1. The molecule has 0 fully saturated rings. The van der Waals surface area contributed by atoms with E-state index in [0.717, 1.165) is 43.8 Å². The molecular weight excluding hydrogens is 340 g/mol. The Morgan fingerprint density at radius 2 is 2.25 bits per heavy atom. The van der Waals surface area contributed by atoms with Crippen molar-refractivity contribution in [2.45, 2.75) is 36.7 Å². The Morgan fingerprint density at radius 3 is 2.96 bits per heavy atom. The molecule has 6 heteroatoms. The fourth-order valence-corrected chi connectivity index (χ4v) is 5.71. The molecule has 3 aromatic heterocycles. The first-order chi connectivity index (χ1) is 11.5. The average molecular weight is 358 g/mol. The Balaban J connectivity index is 1.76. The van der Waals surface area contributed by atoms with Crippen LogP contribution in [0.5, 0.6) is 0 Å². The van der Waals surface area contributed by atoms with Crippen LogP contribution in [0.3, 0.4) is 0 Å². The first-order valence-electron chi connectivity index (χ1n) is 7.88. The van der Waals surface area contributed by atoms with Gasteiger partial charge in [0.05, 0.1) is 21.1 Å². The smallest absolute Gasteiger partial charge is 0.165 e. The van der Waals surface area contributed by atoms with E-state index in [1.807, 2.05) is 24.4 Å². The minimum Gasteiger partial charge on any atom is -0.468 e. The van der Waals surface area contributed by atoms with Gasteiger partial charge in [-0.15, -0.1) is 23.1 Å². The Hall–Kier alpha value is -1.79. The fraction of sp³-hybridized carbons (Fsp3) is 0.333. The van der Waals surface area contributed by atoms with Crippen LogP contribution in [0.25, 0.3) is 10.6 Å². The number of Topliss-reactive ketones (excluding diaryl/α,β-unsaturated/α-hetero) is 1. The highest BCUT2D eigenvalue weighted by atomic mass is 32.2. The molecule has 0 spiro atoms. The van der Waals surface area contributed by atoms with Gasteiger partial charge in [-0.1, -0.05) is 13.8 Å². The topological polar surface area (TPSA) is 58.9 Å². The number of carbonyl (C=O) groups excluding carboxylic acids is 1. The van der Waals surface area contributed by atoms with Crippen molar-refractivity contribution in [3.8, 4) is 10.6 Å². The van der Waals surface area contributed by atoms with Crippen LogP contribution in [0.1, 0.15) is 41.9 Å². The lowest BCUT2D eigenvalue weighted by molar-refractivity contribution is 0.0910. The first kappa shape index (κ1) is 15.7. The second-order valence-corrected chi connectivity index (χ2v) is 9.11. The van der Waals surface area contributed by atoms with Gasteiger partial charge in [0, 0.05) is 18.2 Å². The van der Waals surface area contributed by atoms with Gasteiger partial charge < -0.3 is 4.42 Å². The summed E-state index contributed by atoms with van der Waals surface area (Å²) in [5.74, 6) is 1.91. The van der Waals surface area contributed by atoms with E-state index in [-0.39, 0.29) is 11.2 Å². The van der Waals surface area contributed by atoms with Crippen LogP contribution in [0, 0.1) is 5.41 Å². The lowest BCUT2D eigenvalue weighted by Crippen LogP contribution is -2.26. The van der Waals surface area contributed by atoms with Crippen molar-refractivity contribution in [3.63, 3.8) is 0 Å². The van der Waals surface area contributed by atoms with Crippen molar-refractivity contribution in [2.75, 3.05) is 0 Å². The largest absolute Gasteiger partial charge is 0.468 e. The number of fused-ring (bicyclic) bond motifs is 1. The maximum Gasteiger partial charge on any atom is 0.165 e. The molecule has 4 nitrogen and oxygen atoms in total. The summed E-state index contributed by atoms with van der Waals surface area (Å²) >= 11 is 3.36. The molecule has 0 aromatic carbocycles. The van der Waals surface area contributed by atoms with Crippen molar-refractivity contribution in [1.82, 2.24) is 10.2 Å². The predicted molar refractivity (Wildman–Crippen MR) is 96.6 cm³/mol. The molecule has 3 aromatic rings. The van der Waals surface area contributed by atoms with E-state index >= 15 is 0 Å². The number of aromatic amines is 1. The van der Waals surface area contributed by atoms with Crippen LogP contribution in [0.4, 0.5) is 0 Å². The van der Waals surface area contributed by atoms with E-state index in [4.69, 9.17) is 4.42 Å². The second-order valence-electron chi connectivity index (χ2n) is 6.84. The number of thioether (sulfide) groups is 1. The van der Waals surface area contributed by atoms with Crippen LogP contribution in [0.15, 0.2) is 39.3 Å². The summed E-state index contributed by atoms with van der Waals surface area (Å²) in [5, 5.41) is 7.22.